The number of hydrogen-bond donors (Lipinski definition) is 1. The van der Waals surface area contributed by atoms with Crippen molar-refractivity contribution in [2.75, 3.05) is 19.7 Å². The second-order valence-corrected chi connectivity index (χ2v) is 9.76. The molecule has 1 fully saturated rings. The second kappa shape index (κ2) is 10.1. The molecule has 3 rings (SSSR count). The zero-order valence-electron chi connectivity index (χ0n) is 17.6. The molecule has 0 atom stereocenters. The molecule has 2 aromatic rings. The fourth-order valence-corrected chi connectivity index (χ4v) is 4.93. The fourth-order valence-electron chi connectivity index (χ4n) is 3.46. The first-order valence-electron chi connectivity index (χ1n) is 10.4. The van der Waals surface area contributed by atoms with Gasteiger partial charge in [-0.1, -0.05) is 35.4 Å². The van der Waals surface area contributed by atoms with Crippen molar-refractivity contribution in [1.29, 1.82) is 0 Å². The van der Waals surface area contributed by atoms with Crippen molar-refractivity contribution < 1.29 is 17.9 Å². The third-order valence-electron chi connectivity index (χ3n) is 5.32. The van der Waals surface area contributed by atoms with Gasteiger partial charge in [0.25, 0.3) is 0 Å². The van der Waals surface area contributed by atoms with Gasteiger partial charge in [0.05, 0.1) is 11.5 Å². The van der Waals surface area contributed by atoms with Gasteiger partial charge < -0.3 is 10.1 Å². The molecular weight excluding hydrogens is 400 g/mol. The summed E-state index contributed by atoms with van der Waals surface area (Å²) < 4.78 is 32.7. The molecule has 2 aromatic carbocycles. The van der Waals surface area contributed by atoms with E-state index in [2.05, 4.69) is 5.32 Å². The number of amides is 1. The minimum Gasteiger partial charge on any atom is -0.494 e. The standard InChI is InChI=1S/C23H30N2O4S/c1-18-5-9-21(10-6-18)29-17-3-4-23(26)24-20-13-15-25(16-14-20)30(27,28)22-11-7-19(2)8-12-22/h5-12,20H,3-4,13-17H2,1-2H3,(H,24,26). The van der Waals surface area contributed by atoms with E-state index in [1.165, 1.54) is 9.87 Å². The summed E-state index contributed by atoms with van der Waals surface area (Å²) in [6, 6.07) is 14.8. The lowest BCUT2D eigenvalue weighted by Gasteiger charge is -2.31. The van der Waals surface area contributed by atoms with E-state index in [0.29, 0.717) is 50.3 Å². The molecular formula is C23H30N2O4S. The van der Waals surface area contributed by atoms with Crippen LogP contribution < -0.4 is 10.1 Å². The Balaban J connectivity index is 1.38. The lowest BCUT2D eigenvalue weighted by atomic mass is 10.1. The van der Waals surface area contributed by atoms with Crippen molar-refractivity contribution in [2.45, 2.75) is 50.5 Å². The SMILES string of the molecule is Cc1ccc(OCCCC(=O)NC2CCN(S(=O)(=O)c3ccc(C)cc3)CC2)cc1. The number of ether oxygens (including phenoxy) is 1. The van der Waals surface area contributed by atoms with Gasteiger partial charge in [-0.3, -0.25) is 4.79 Å². The fraction of sp³-hybridized carbons (Fsp3) is 0.435. The van der Waals surface area contributed by atoms with E-state index < -0.39 is 10.0 Å². The molecule has 1 aliphatic heterocycles. The van der Waals surface area contributed by atoms with E-state index >= 15 is 0 Å². The Morgan fingerprint density at radius 2 is 1.57 bits per heavy atom. The molecule has 0 aliphatic carbocycles. The van der Waals surface area contributed by atoms with Crippen LogP contribution in [-0.2, 0) is 14.8 Å². The Bertz CT molecular complexity index is 932. The normalized spacial score (nSPS) is 15.7. The summed E-state index contributed by atoms with van der Waals surface area (Å²) in [5.74, 6) is 0.797. The first kappa shape index (κ1) is 22.3. The van der Waals surface area contributed by atoms with E-state index in [4.69, 9.17) is 4.74 Å². The van der Waals surface area contributed by atoms with Gasteiger partial charge in [-0.05, 0) is 57.4 Å². The van der Waals surface area contributed by atoms with Crippen molar-refractivity contribution in [3.63, 3.8) is 0 Å². The molecule has 6 nitrogen and oxygen atoms in total. The molecule has 1 saturated heterocycles. The summed E-state index contributed by atoms with van der Waals surface area (Å²) in [7, 11) is -3.47. The molecule has 0 aromatic heterocycles. The van der Waals surface area contributed by atoms with Crippen LogP contribution in [0.1, 0.15) is 36.8 Å². The zero-order valence-corrected chi connectivity index (χ0v) is 18.5. The summed E-state index contributed by atoms with van der Waals surface area (Å²) >= 11 is 0. The van der Waals surface area contributed by atoms with Crippen LogP contribution in [-0.4, -0.2) is 44.4 Å². The highest BCUT2D eigenvalue weighted by atomic mass is 32.2. The van der Waals surface area contributed by atoms with E-state index in [0.717, 1.165) is 11.3 Å². The minimum atomic E-state index is -3.47. The van der Waals surface area contributed by atoms with Crippen LogP contribution in [0.15, 0.2) is 53.4 Å². The molecule has 0 unspecified atom stereocenters. The summed E-state index contributed by atoms with van der Waals surface area (Å²) in [6.07, 6.45) is 2.28. The molecule has 1 N–H and O–H groups in total. The van der Waals surface area contributed by atoms with E-state index in [1.54, 1.807) is 12.1 Å². The summed E-state index contributed by atoms with van der Waals surface area (Å²) in [5.41, 5.74) is 2.21. The van der Waals surface area contributed by atoms with Gasteiger partial charge >= 0.3 is 0 Å². The second-order valence-electron chi connectivity index (χ2n) is 7.82. The van der Waals surface area contributed by atoms with Crippen LogP contribution >= 0.6 is 0 Å². The lowest BCUT2D eigenvalue weighted by molar-refractivity contribution is -0.122. The van der Waals surface area contributed by atoms with Crippen molar-refractivity contribution in [3.05, 3.63) is 59.7 Å². The van der Waals surface area contributed by atoms with Crippen LogP contribution in [0.5, 0.6) is 5.75 Å². The number of carbonyl (C=O) groups excluding carboxylic acids is 1. The van der Waals surface area contributed by atoms with Gasteiger partial charge in [-0.25, -0.2) is 8.42 Å². The number of nitrogens with zero attached hydrogens (tertiary/aromatic N) is 1. The lowest BCUT2D eigenvalue weighted by Crippen LogP contribution is -2.46. The average molecular weight is 431 g/mol. The van der Waals surface area contributed by atoms with Gasteiger partial charge in [0, 0.05) is 25.6 Å². The van der Waals surface area contributed by atoms with Gasteiger partial charge in [0.1, 0.15) is 5.75 Å². The maximum absolute atomic E-state index is 12.8. The molecule has 7 heteroatoms. The molecule has 0 bridgehead atoms. The van der Waals surface area contributed by atoms with Crippen LogP contribution in [0, 0.1) is 13.8 Å². The van der Waals surface area contributed by atoms with Crippen molar-refractivity contribution in [2.24, 2.45) is 0 Å². The van der Waals surface area contributed by atoms with Crippen LogP contribution in [0.2, 0.25) is 0 Å². The average Bonchev–Trinajstić information content (AvgIpc) is 2.73. The van der Waals surface area contributed by atoms with E-state index in [9.17, 15) is 13.2 Å². The number of sulfonamides is 1. The maximum atomic E-state index is 12.8. The Kier molecular flexibility index (Phi) is 7.50. The molecule has 0 saturated carbocycles. The Morgan fingerprint density at radius 1 is 1.00 bits per heavy atom. The maximum Gasteiger partial charge on any atom is 0.243 e. The Morgan fingerprint density at radius 3 is 2.17 bits per heavy atom. The summed E-state index contributed by atoms with van der Waals surface area (Å²) in [5, 5.41) is 3.03. The van der Waals surface area contributed by atoms with Gasteiger partial charge in [0.15, 0.2) is 0 Å². The summed E-state index contributed by atoms with van der Waals surface area (Å²) in [4.78, 5) is 12.5. The number of nitrogens with one attached hydrogen (secondary N) is 1. The zero-order chi connectivity index (χ0) is 21.6. The van der Waals surface area contributed by atoms with Crippen LogP contribution in [0.25, 0.3) is 0 Å². The molecule has 0 spiro atoms. The first-order chi connectivity index (χ1) is 14.3. The number of piperidine rings is 1. The predicted octanol–water partition coefficient (Wildman–Crippen LogP) is 3.43. The van der Waals surface area contributed by atoms with Crippen LogP contribution in [0.4, 0.5) is 0 Å². The topological polar surface area (TPSA) is 75.7 Å². The number of rotatable bonds is 8. The largest absolute Gasteiger partial charge is 0.494 e. The number of carbonyl (C=O) groups is 1. The highest BCUT2D eigenvalue weighted by Gasteiger charge is 2.29. The molecule has 162 valence electrons. The highest BCUT2D eigenvalue weighted by Crippen LogP contribution is 2.21. The number of hydrogen-bond acceptors (Lipinski definition) is 4. The van der Waals surface area contributed by atoms with Gasteiger partial charge in [-0.2, -0.15) is 4.31 Å². The van der Waals surface area contributed by atoms with E-state index in [-0.39, 0.29) is 11.9 Å². The highest BCUT2D eigenvalue weighted by molar-refractivity contribution is 7.89. The Hall–Kier alpha value is -2.38. The third-order valence-corrected chi connectivity index (χ3v) is 7.23. The van der Waals surface area contributed by atoms with Gasteiger partial charge in [0.2, 0.25) is 15.9 Å². The molecule has 1 aliphatic rings. The molecule has 1 heterocycles. The van der Waals surface area contributed by atoms with Gasteiger partial charge in [-0.15, -0.1) is 0 Å². The molecule has 30 heavy (non-hydrogen) atoms. The van der Waals surface area contributed by atoms with E-state index in [1.807, 2.05) is 50.2 Å². The van der Waals surface area contributed by atoms with Crippen molar-refractivity contribution >= 4 is 15.9 Å². The Labute approximate surface area is 179 Å². The van der Waals surface area contributed by atoms with Crippen molar-refractivity contribution in [3.8, 4) is 5.75 Å². The monoisotopic (exact) mass is 430 g/mol. The predicted molar refractivity (Wildman–Crippen MR) is 117 cm³/mol. The van der Waals surface area contributed by atoms with Crippen LogP contribution in [0.3, 0.4) is 0 Å². The quantitative estimate of drug-likeness (QED) is 0.651. The number of aryl methyl sites for hydroxylation is 2. The summed E-state index contributed by atoms with van der Waals surface area (Å²) in [6.45, 7) is 5.27. The third kappa shape index (κ3) is 6.06. The number of benzene rings is 2. The molecule has 1 amide bonds. The first-order valence-corrected chi connectivity index (χ1v) is 11.8. The van der Waals surface area contributed by atoms with Crippen molar-refractivity contribution in [1.82, 2.24) is 9.62 Å². The molecule has 0 radical (unpaired) electrons. The minimum absolute atomic E-state index is 0.0117. The smallest absolute Gasteiger partial charge is 0.243 e.